The highest BCUT2D eigenvalue weighted by Gasteiger charge is 2.24. The Bertz CT molecular complexity index is 952. The van der Waals surface area contributed by atoms with Gasteiger partial charge in [0.15, 0.2) is 6.61 Å². The Morgan fingerprint density at radius 1 is 1.03 bits per heavy atom. The molecule has 2 N–H and O–H groups in total. The highest BCUT2D eigenvalue weighted by molar-refractivity contribution is 6.01. The quantitative estimate of drug-likeness (QED) is 0.714. The monoisotopic (exact) mass is 409 g/mol. The molecule has 3 amide bonds. The predicted octanol–water partition coefficient (Wildman–Crippen LogP) is 2.76. The van der Waals surface area contributed by atoms with E-state index in [1.54, 1.807) is 12.1 Å². The van der Waals surface area contributed by atoms with Crippen molar-refractivity contribution >= 4 is 35.1 Å². The number of benzene rings is 2. The molecule has 1 aliphatic heterocycles. The molecule has 0 bridgehead atoms. The van der Waals surface area contributed by atoms with E-state index in [-0.39, 0.29) is 30.2 Å². The van der Waals surface area contributed by atoms with Crippen LogP contribution in [0.15, 0.2) is 48.5 Å². The molecule has 30 heavy (non-hydrogen) atoms. The zero-order chi connectivity index (χ0) is 21.7. The summed E-state index contributed by atoms with van der Waals surface area (Å²) >= 11 is 0. The van der Waals surface area contributed by atoms with E-state index in [1.807, 2.05) is 12.1 Å². The van der Waals surface area contributed by atoms with Crippen molar-refractivity contribution in [2.24, 2.45) is 0 Å². The summed E-state index contributed by atoms with van der Waals surface area (Å²) in [6, 6.07) is 13.4. The minimum absolute atomic E-state index is 0.130. The predicted molar refractivity (Wildman–Crippen MR) is 111 cm³/mol. The summed E-state index contributed by atoms with van der Waals surface area (Å²) in [7, 11) is 0. The molecule has 156 valence electrons. The summed E-state index contributed by atoms with van der Waals surface area (Å²) in [6.07, 6.45) is 0.286. The lowest BCUT2D eigenvalue weighted by Crippen LogP contribution is -2.50. The maximum Gasteiger partial charge on any atom is 0.338 e. The van der Waals surface area contributed by atoms with E-state index in [1.165, 1.54) is 24.3 Å². The second-order valence-electron chi connectivity index (χ2n) is 7.21. The number of nitrogens with zero attached hydrogens (tertiary/aromatic N) is 1. The SMILES string of the molecule is CC(C)c1ccc(NC(=O)COC(=O)c2ccc(N3NC(=O)CCC3=O)cc2)cc1. The molecular weight excluding hydrogens is 386 g/mol. The van der Waals surface area contributed by atoms with Gasteiger partial charge < -0.3 is 10.1 Å². The molecule has 1 fully saturated rings. The van der Waals surface area contributed by atoms with Gasteiger partial charge in [-0.2, -0.15) is 0 Å². The highest BCUT2D eigenvalue weighted by atomic mass is 16.5. The standard InChI is InChI=1S/C22H23N3O5/c1-14(2)15-3-7-17(8-4-15)23-20(27)13-30-22(29)16-5-9-18(10-6-16)25-21(28)12-11-19(26)24-25/h3-10,14H,11-13H2,1-2H3,(H,23,27)(H,24,26). The van der Waals surface area contributed by atoms with Gasteiger partial charge in [0.1, 0.15) is 0 Å². The number of esters is 1. The first kappa shape index (κ1) is 21.0. The first-order valence-electron chi connectivity index (χ1n) is 9.63. The van der Waals surface area contributed by atoms with Crippen LogP contribution in [0.2, 0.25) is 0 Å². The molecule has 1 heterocycles. The Labute approximate surface area is 174 Å². The fraction of sp³-hybridized carbons (Fsp3) is 0.273. The summed E-state index contributed by atoms with van der Waals surface area (Å²) in [5, 5.41) is 3.83. The molecule has 0 saturated carbocycles. The Morgan fingerprint density at radius 2 is 1.70 bits per heavy atom. The number of hydrogen-bond donors (Lipinski definition) is 2. The van der Waals surface area contributed by atoms with Crippen molar-refractivity contribution in [3.63, 3.8) is 0 Å². The fourth-order valence-corrected chi connectivity index (χ4v) is 2.89. The van der Waals surface area contributed by atoms with Gasteiger partial charge in [0.05, 0.1) is 11.3 Å². The van der Waals surface area contributed by atoms with E-state index in [0.717, 1.165) is 10.6 Å². The summed E-state index contributed by atoms with van der Waals surface area (Å²) in [5.41, 5.74) is 4.93. The van der Waals surface area contributed by atoms with Crippen molar-refractivity contribution in [1.82, 2.24) is 5.43 Å². The van der Waals surface area contributed by atoms with Crippen molar-refractivity contribution in [2.45, 2.75) is 32.6 Å². The van der Waals surface area contributed by atoms with Crippen LogP contribution < -0.4 is 15.8 Å². The Morgan fingerprint density at radius 3 is 2.33 bits per heavy atom. The summed E-state index contributed by atoms with van der Waals surface area (Å²) in [5.74, 6) is -1.20. The van der Waals surface area contributed by atoms with Crippen LogP contribution in [-0.2, 0) is 19.1 Å². The number of carbonyl (C=O) groups excluding carboxylic acids is 4. The van der Waals surface area contributed by atoms with E-state index in [4.69, 9.17) is 4.74 Å². The minimum Gasteiger partial charge on any atom is -0.452 e. The van der Waals surface area contributed by atoms with Crippen LogP contribution >= 0.6 is 0 Å². The third kappa shape index (κ3) is 5.22. The average Bonchev–Trinajstić information content (AvgIpc) is 2.74. The van der Waals surface area contributed by atoms with Gasteiger partial charge in [0.25, 0.3) is 5.91 Å². The van der Waals surface area contributed by atoms with Crippen LogP contribution in [0.25, 0.3) is 0 Å². The second kappa shape index (κ2) is 9.21. The van der Waals surface area contributed by atoms with Crippen LogP contribution in [0.3, 0.4) is 0 Å². The van der Waals surface area contributed by atoms with E-state index < -0.39 is 18.5 Å². The number of nitrogens with one attached hydrogen (secondary N) is 2. The number of rotatable bonds is 6. The van der Waals surface area contributed by atoms with Crippen LogP contribution in [0, 0.1) is 0 Å². The second-order valence-corrected chi connectivity index (χ2v) is 7.21. The smallest absolute Gasteiger partial charge is 0.338 e. The van der Waals surface area contributed by atoms with Crippen molar-refractivity contribution in [1.29, 1.82) is 0 Å². The van der Waals surface area contributed by atoms with E-state index in [0.29, 0.717) is 17.3 Å². The van der Waals surface area contributed by atoms with Gasteiger partial charge in [-0.05, 0) is 47.9 Å². The minimum atomic E-state index is -0.666. The van der Waals surface area contributed by atoms with Gasteiger partial charge in [0, 0.05) is 18.5 Å². The number of carbonyl (C=O) groups is 4. The van der Waals surface area contributed by atoms with Gasteiger partial charge in [-0.1, -0.05) is 26.0 Å². The zero-order valence-corrected chi connectivity index (χ0v) is 16.8. The van der Waals surface area contributed by atoms with Crippen molar-refractivity contribution in [3.05, 3.63) is 59.7 Å². The first-order valence-corrected chi connectivity index (χ1v) is 9.63. The number of hydrogen-bond acceptors (Lipinski definition) is 5. The first-order chi connectivity index (χ1) is 14.3. The maximum absolute atomic E-state index is 12.2. The summed E-state index contributed by atoms with van der Waals surface area (Å²) < 4.78 is 5.05. The van der Waals surface area contributed by atoms with Crippen LogP contribution in [0.4, 0.5) is 11.4 Å². The van der Waals surface area contributed by atoms with Crippen LogP contribution in [-0.4, -0.2) is 30.3 Å². The Kier molecular flexibility index (Phi) is 6.46. The molecule has 0 aliphatic carbocycles. The number of hydrazine groups is 1. The molecule has 1 saturated heterocycles. The molecule has 0 radical (unpaired) electrons. The lowest BCUT2D eigenvalue weighted by molar-refractivity contribution is -0.130. The molecule has 0 aromatic heterocycles. The molecule has 8 nitrogen and oxygen atoms in total. The van der Waals surface area contributed by atoms with E-state index >= 15 is 0 Å². The van der Waals surface area contributed by atoms with Gasteiger partial charge in [0.2, 0.25) is 11.8 Å². The lowest BCUT2D eigenvalue weighted by atomic mass is 10.0. The normalized spacial score (nSPS) is 13.8. The number of ether oxygens (including phenoxy) is 1. The summed E-state index contributed by atoms with van der Waals surface area (Å²) in [4.78, 5) is 47.6. The molecule has 1 aliphatic rings. The largest absolute Gasteiger partial charge is 0.452 e. The number of amides is 3. The fourth-order valence-electron chi connectivity index (χ4n) is 2.89. The molecule has 8 heteroatoms. The van der Waals surface area contributed by atoms with Crippen molar-refractivity contribution < 1.29 is 23.9 Å². The molecule has 2 aromatic rings. The van der Waals surface area contributed by atoms with E-state index in [9.17, 15) is 19.2 Å². The molecule has 0 spiro atoms. The van der Waals surface area contributed by atoms with Gasteiger partial charge in [-0.3, -0.25) is 19.8 Å². The Hall–Kier alpha value is -3.68. The lowest BCUT2D eigenvalue weighted by Gasteiger charge is -2.27. The Balaban J connectivity index is 1.52. The third-order valence-corrected chi connectivity index (χ3v) is 4.61. The molecular formula is C22H23N3O5. The topological polar surface area (TPSA) is 105 Å². The van der Waals surface area contributed by atoms with Gasteiger partial charge in [-0.25, -0.2) is 9.80 Å². The molecule has 0 atom stereocenters. The highest BCUT2D eigenvalue weighted by Crippen LogP contribution is 2.19. The molecule has 2 aromatic carbocycles. The maximum atomic E-state index is 12.2. The average molecular weight is 409 g/mol. The van der Waals surface area contributed by atoms with E-state index in [2.05, 4.69) is 24.6 Å². The van der Waals surface area contributed by atoms with Crippen LogP contribution in [0.5, 0.6) is 0 Å². The van der Waals surface area contributed by atoms with Crippen molar-refractivity contribution in [2.75, 3.05) is 16.9 Å². The number of anilines is 2. The molecule has 3 rings (SSSR count). The zero-order valence-electron chi connectivity index (χ0n) is 16.8. The van der Waals surface area contributed by atoms with Crippen molar-refractivity contribution in [3.8, 4) is 0 Å². The van der Waals surface area contributed by atoms with Gasteiger partial charge >= 0.3 is 5.97 Å². The third-order valence-electron chi connectivity index (χ3n) is 4.61. The molecule has 0 unspecified atom stereocenters. The van der Waals surface area contributed by atoms with Gasteiger partial charge in [-0.15, -0.1) is 0 Å². The van der Waals surface area contributed by atoms with Crippen LogP contribution in [0.1, 0.15) is 48.5 Å². The summed E-state index contributed by atoms with van der Waals surface area (Å²) in [6.45, 7) is 3.74.